The highest BCUT2D eigenvalue weighted by Gasteiger charge is 2.20. The van der Waals surface area contributed by atoms with E-state index in [1.807, 2.05) is 65.6 Å². The number of carbonyl (C=O) groups is 1. The maximum atomic E-state index is 12.0. The van der Waals surface area contributed by atoms with Crippen LogP contribution in [0.1, 0.15) is 0 Å². The molecule has 3 rings (SSSR count). The summed E-state index contributed by atoms with van der Waals surface area (Å²) in [5.41, 5.74) is 1.77. The maximum absolute atomic E-state index is 12.0. The van der Waals surface area contributed by atoms with E-state index in [0.717, 1.165) is 17.9 Å². The van der Waals surface area contributed by atoms with Crippen molar-refractivity contribution >= 4 is 23.4 Å². The van der Waals surface area contributed by atoms with Crippen molar-refractivity contribution in [2.75, 3.05) is 23.3 Å². The first-order chi connectivity index (χ1) is 10.3. The van der Waals surface area contributed by atoms with Crippen LogP contribution in [0.5, 0.6) is 0 Å². The van der Waals surface area contributed by atoms with Crippen LogP contribution in [-0.2, 0) is 0 Å². The Balaban J connectivity index is 1.65. The molecule has 5 heteroatoms. The first-order valence-corrected chi connectivity index (χ1v) is 6.83. The minimum Gasteiger partial charge on any atom is -0.310 e. The van der Waals surface area contributed by atoms with Gasteiger partial charge in [0, 0.05) is 17.9 Å². The van der Waals surface area contributed by atoms with E-state index in [0.29, 0.717) is 12.5 Å². The third-order valence-electron chi connectivity index (χ3n) is 3.17. The minimum absolute atomic E-state index is 0.289. The van der Waals surface area contributed by atoms with Gasteiger partial charge in [-0.15, -0.1) is 0 Å². The van der Waals surface area contributed by atoms with Gasteiger partial charge in [0.15, 0.2) is 0 Å². The van der Waals surface area contributed by atoms with Gasteiger partial charge >= 0.3 is 6.03 Å². The summed E-state index contributed by atoms with van der Waals surface area (Å²) in [5, 5.41) is 5.59. The van der Waals surface area contributed by atoms with Crippen LogP contribution in [-0.4, -0.2) is 25.1 Å². The molecule has 2 aromatic rings. The number of aliphatic imine (C=N–C) groups is 1. The number of para-hydroxylation sites is 2. The van der Waals surface area contributed by atoms with Crippen molar-refractivity contribution in [1.29, 1.82) is 0 Å². The number of hydrogen-bond donors (Lipinski definition) is 2. The van der Waals surface area contributed by atoms with E-state index < -0.39 is 0 Å². The predicted octanol–water partition coefficient (Wildman–Crippen LogP) is 2.68. The molecule has 2 aromatic carbocycles. The number of anilines is 2. The van der Waals surface area contributed by atoms with Crippen LogP contribution in [0.25, 0.3) is 0 Å². The molecule has 0 fully saturated rings. The molecule has 1 aliphatic heterocycles. The molecule has 1 aliphatic rings. The second kappa shape index (κ2) is 6.09. The number of urea groups is 1. The molecule has 0 saturated carbocycles. The van der Waals surface area contributed by atoms with Gasteiger partial charge in [-0.1, -0.05) is 36.4 Å². The fraction of sp³-hybridized carbons (Fsp3) is 0.125. The van der Waals surface area contributed by atoms with E-state index in [-0.39, 0.29) is 6.03 Å². The van der Waals surface area contributed by atoms with Crippen LogP contribution in [0.3, 0.4) is 0 Å². The SMILES string of the molecule is O=C(NC1=NCCN1c1ccccc1)Nc1ccccc1. The number of amides is 2. The molecule has 0 aliphatic carbocycles. The highest BCUT2D eigenvalue weighted by molar-refractivity contribution is 6.09. The maximum Gasteiger partial charge on any atom is 0.326 e. The average molecular weight is 280 g/mol. The predicted molar refractivity (Wildman–Crippen MR) is 84.7 cm³/mol. The average Bonchev–Trinajstić information content (AvgIpc) is 2.97. The van der Waals surface area contributed by atoms with Gasteiger partial charge in [-0.3, -0.25) is 10.3 Å². The normalized spacial score (nSPS) is 13.7. The zero-order chi connectivity index (χ0) is 14.5. The van der Waals surface area contributed by atoms with Gasteiger partial charge in [-0.25, -0.2) is 4.79 Å². The summed E-state index contributed by atoms with van der Waals surface area (Å²) in [6.07, 6.45) is 0. The Morgan fingerprint density at radius 1 is 0.952 bits per heavy atom. The third-order valence-corrected chi connectivity index (χ3v) is 3.17. The first kappa shape index (κ1) is 13.2. The summed E-state index contributed by atoms with van der Waals surface area (Å²) in [7, 11) is 0. The Morgan fingerprint density at radius 3 is 2.33 bits per heavy atom. The van der Waals surface area contributed by atoms with Gasteiger partial charge in [-0.2, -0.15) is 0 Å². The molecule has 1 heterocycles. The monoisotopic (exact) mass is 280 g/mol. The molecule has 0 atom stereocenters. The molecule has 0 radical (unpaired) electrons. The Morgan fingerprint density at radius 2 is 1.62 bits per heavy atom. The van der Waals surface area contributed by atoms with Crippen molar-refractivity contribution < 1.29 is 4.79 Å². The molecule has 21 heavy (non-hydrogen) atoms. The number of guanidine groups is 1. The molecule has 106 valence electrons. The highest BCUT2D eigenvalue weighted by atomic mass is 16.2. The summed E-state index contributed by atoms with van der Waals surface area (Å²) >= 11 is 0. The molecule has 0 bridgehead atoms. The number of hydrogen-bond acceptors (Lipinski definition) is 3. The van der Waals surface area contributed by atoms with Gasteiger partial charge in [-0.05, 0) is 24.3 Å². The standard InChI is InChI=1S/C16H16N4O/c21-16(18-13-7-3-1-4-8-13)19-15-17-11-12-20(15)14-9-5-2-6-10-14/h1-10H,11-12H2,(H2,17,18,19,21). The van der Waals surface area contributed by atoms with E-state index in [2.05, 4.69) is 15.6 Å². The molecular formula is C16H16N4O. The van der Waals surface area contributed by atoms with Gasteiger partial charge in [0.1, 0.15) is 0 Å². The quantitative estimate of drug-likeness (QED) is 0.888. The summed E-state index contributed by atoms with van der Waals surface area (Å²) in [5.74, 6) is 0.578. The summed E-state index contributed by atoms with van der Waals surface area (Å²) < 4.78 is 0. The minimum atomic E-state index is -0.289. The molecule has 0 saturated heterocycles. The molecule has 0 aromatic heterocycles. The lowest BCUT2D eigenvalue weighted by atomic mass is 10.3. The Hall–Kier alpha value is -2.82. The molecular weight excluding hydrogens is 264 g/mol. The van der Waals surface area contributed by atoms with E-state index in [1.165, 1.54) is 0 Å². The molecule has 2 N–H and O–H groups in total. The highest BCUT2D eigenvalue weighted by Crippen LogP contribution is 2.16. The van der Waals surface area contributed by atoms with Crippen molar-refractivity contribution in [3.05, 3.63) is 60.7 Å². The van der Waals surface area contributed by atoms with Crippen molar-refractivity contribution in [2.24, 2.45) is 4.99 Å². The topological polar surface area (TPSA) is 56.7 Å². The molecule has 2 amide bonds. The van der Waals surface area contributed by atoms with E-state index in [4.69, 9.17) is 0 Å². The van der Waals surface area contributed by atoms with Crippen LogP contribution in [0.15, 0.2) is 65.7 Å². The zero-order valence-electron chi connectivity index (χ0n) is 11.5. The van der Waals surface area contributed by atoms with Crippen molar-refractivity contribution in [3.63, 3.8) is 0 Å². The number of rotatable bonds is 2. The third kappa shape index (κ3) is 3.20. The van der Waals surface area contributed by atoms with Gasteiger partial charge in [0.25, 0.3) is 0 Å². The Bertz CT molecular complexity index is 640. The summed E-state index contributed by atoms with van der Waals surface area (Å²) in [4.78, 5) is 18.4. The van der Waals surface area contributed by atoms with Crippen LogP contribution < -0.4 is 15.5 Å². The smallest absolute Gasteiger partial charge is 0.310 e. The summed E-state index contributed by atoms with van der Waals surface area (Å²) in [6, 6.07) is 18.9. The largest absolute Gasteiger partial charge is 0.326 e. The Kier molecular flexibility index (Phi) is 3.82. The molecule has 5 nitrogen and oxygen atoms in total. The second-order valence-corrected chi connectivity index (χ2v) is 4.64. The first-order valence-electron chi connectivity index (χ1n) is 6.83. The van der Waals surface area contributed by atoms with Crippen LogP contribution in [0, 0.1) is 0 Å². The van der Waals surface area contributed by atoms with Crippen molar-refractivity contribution in [3.8, 4) is 0 Å². The van der Waals surface area contributed by atoms with Crippen molar-refractivity contribution in [1.82, 2.24) is 5.32 Å². The van der Waals surface area contributed by atoms with Crippen LogP contribution >= 0.6 is 0 Å². The van der Waals surface area contributed by atoms with Gasteiger partial charge in [0.2, 0.25) is 5.96 Å². The van der Waals surface area contributed by atoms with Crippen molar-refractivity contribution in [2.45, 2.75) is 0 Å². The number of nitrogens with zero attached hydrogens (tertiary/aromatic N) is 2. The molecule has 0 spiro atoms. The van der Waals surface area contributed by atoms with Gasteiger partial charge < -0.3 is 10.2 Å². The zero-order valence-corrected chi connectivity index (χ0v) is 11.5. The summed E-state index contributed by atoms with van der Waals surface area (Å²) in [6.45, 7) is 1.45. The van der Waals surface area contributed by atoms with E-state index >= 15 is 0 Å². The fourth-order valence-corrected chi connectivity index (χ4v) is 2.20. The lowest BCUT2D eigenvalue weighted by Gasteiger charge is -2.20. The number of benzene rings is 2. The van der Waals surface area contributed by atoms with Crippen LogP contribution in [0.4, 0.5) is 16.2 Å². The Labute approximate surface area is 123 Å². The lowest BCUT2D eigenvalue weighted by molar-refractivity contribution is 0.256. The number of nitrogens with one attached hydrogen (secondary N) is 2. The fourth-order valence-electron chi connectivity index (χ4n) is 2.20. The van der Waals surface area contributed by atoms with Crippen LogP contribution in [0.2, 0.25) is 0 Å². The lowest BCUT2D eigenvalue weighted by Crippen LogP contribution is -2.43. The second-order valence-electron chi connectivity index (χ2n) is 4.64. The van der Waals surface area contributed by atoms with Gasteiger partial charge in [0.05, 0.1) is 6.54 Å². The van der Waals surface area contributed by atoms with E-state index in [9.17, 15) is 4.79 Å². The molecule has 0 unspecified atom stereocenters. The van der Waals surface area contributed by atoms with E-state index in [1.54, 1.807) is 0 Å². The number of carbonyl (C=O) groups excluding carboxylic acids is 1.